The summed E-state index contributed by atoms with van der Waals surface area (Å²) in [5.74, 6) is 1.62. The quantitative estimate of drug-likeness (QED) is 0.525. The monoisotopic (exact) mass is 475 g/mol. The van der Waals surface area contributed by atoms with Gasteiger partial charge in [0.15, 0.2) is 0 Å². The molecule has 1 fully saturated rings. The van der Waals surface area contributed by atoms with Crippen LogP contribution in [0.3, 0.4) is 0 Å². The minimum atomic E-state index is 0.218. The number of nitrogens with one attached hydrogen (secondary N) is 1. The summed E-state index contributed by atoms with van der Waals surface area (Å²) in [6, 6.07) is 9.87. The average molecular weight is 476 g/mol. The molecule has 1 aromatic carbocycles. The van der Waals surface area contributed by atoms with E-state index in [9.17, 15) is 0 Å². The zero-order valence-corrected chi connectivity index (χ0v) is 19.5. The van der Waals surface area contributed by atoms with Gasteiger partial charge in [0.1, 0.15) is 11.6 Å². The second-order valence-corrected chi connectivity index (χ2v) is 9.40. The molecule has 0 saturated carbocycles. The highest BCUT2D eigenvalue weighted by molar-refractivity contribution is 7.99. The van der Waals surface area contributed by atoms with Gasteiger partial charge >= 0.3 is 0 Å². The Morgan fingerprint density at radius 1 is 1.13 bits per heavy atom. The van der Waals surface area contributed by atoms with Crippen molar-refractivity contribution in [1.82, 2.24) is 19.9 Å². The predicted octanol–water partition coefficient (Wildman–Crippen LogP) is 4.80. The minimum absolute atomic E-state index is 0.218. The third-order valence-electron chi connectivity index (χ3n) is 5.09. The number of pyridine rings is 1. The van der Waals surface area contributed by atoms with E-state index in [2.05, 4.69) is 44.2 Å². The zero-order valence-electron chi connectivity index (χ0n) is 17.2. The van der Waals surface area contributed by atoms with E-state index in [1.165, 1.54) is 11.8 Å². The van der Waals surface area contributed by atoms with Gasteiger partial charge in [-0.15, -0.1) is 0 Å². The molecule has 0 spiro atoms. The van der Waals surface area contributed by atoms with Crippen molar-refractivity contribution in [3.05, 3.63) is 52.8 Å². The number of hydrogen-bond acceptors (Lipinski definition) is 8. The Balaban J connectivity index is 1.53. The number of rotatable bonds is 6. The maximum atomic E-state index is 6.53. The summed E-state index contributed by atoms with van der Waals surface area (Å²) >= 11 is 14.6. The number of halogens is 2. The number of aromatic nitrogens is 3. The van der Waals surface area contributed by atoms with Gasteiger partial charge in [0.05, 0.1) is 10.0 Å². The van der Waals surface area contributed by atoms with Gasteiger partial charge in [0.2, 0.25) is 5.95 Å². The number of nitrogen functional groups attached to an aromatic ring is 1. The fourth-order valence-corrected chi connectivity index (χ4v) is 4.98. The van der Waals surface area contributed by atoms with Crippen LogP contribution in [0.2, 0.25) is 10.0 Å². The molecule has 4 rings (SSSR count). The number of nitrogens with zero attached hydrogens (tertiary/aromatic N) is 5. The van der Waals surface area contributed by atoms with Crippen LogP contribution < -0.4 is 16.0 Å². The van der Waals surface area contributed by atoms with Crippen molar-refractivity contribution in [3.63, 3.8) is 0 Å². The number of anilines is 4. The van der Waals surface area contributed by atoms with Crippen LogP contribution in [0.25, 0.3) is 0 Å². The molecule has 7 nitrogen and oxygen atoms in total. The topological polar surface area (TPSA) is 83.2 Å². The van der Waals surface area contributed by atoms with E-state index in [0.29, 0.717) is 21.9 Å². The third-order valence-corrected chi connectivity index (χ3v) is 7.06. The van der Waals surface area contributed by atoms with Crippen LogP contribution in [0.5, 0.6) is 0 Å². The summed E-state index contributed by atoms with van der Waals surface area (Å²) in [5.41, 5.74) is 6.71. The lowest BCUT2D eigenvalue weighted by Crippen LogP contribution is -2.31. The Bertz CT molecular complexity index is 1040. The van der Waals surface area contributed by atoms with Crippen LogP contribution in [-0.2, 0) is 0 Å². The van der Waals surface area contributed by atoms with E-state index in [0.717, 1.165) is 40.8 Å². The summed E-state index contributed by atoms with van der Waals surface area (Å²) in [5, 5.41) is 4.36. The molecule has 2 aromatic heterocycles. The smallest absolute Gasteiger partial charge is 0.223 e. The van der Waals surface area contributed by atoms with Crippen molar-refractivity contribution >= 4 is 58.2 Å². The predicted molar refractivity (Wildman–Crippen MR) is 129 cm³/mol. The van der Waals surface area contributed by atoms with E-state index < -0.39 is 0 Å². The van der Waals surface area contributed by atoms with Crippen molar-refractivity contribution in [2.45, 2.75) is 22.3 Å². The molecule has 1 aliphatic rings. The first-order chi connectivity index (χ1) is 14.9. The highest BCUT2D eigenvalue weighted by Gasteiger charge is 2.25. The fourth-order valence-electron chi connectivity index (χ4n) is 3.45. The van der Waals surface area contributed by atoms with Crippen LogP contribution in [0.4, 0.5) is 23.3 Å². The summed E-state index contributed by atoms with van der Waals surface area (Å²) in [7, 11) is 4.19. The molecular formula is C21H23Cl2N7S. The molecule has 1 atom stereocenters. The molecule has 1 unspecified atom stereocenters. The molecule has 1 saturated heterocycles. The Morgan fingerprint density at radius 3 is 2.48 bits per heavy atom. The first-order valence-electron chi connectivity index (χ1n) is 9.79. The minimum Gasteiger partial charge on any atom is -0.368 e. The molecule has 1 aliphatic heterocycles. The SMILES string of the molecule is CN(C)C1CCN(c2cc(Nc3cc(Cl)c(Sc4ccncc4)c(Cl)c3)nc(N)n2)C1. The van der Waals surface area contributed by atoms with Gasteiger partial charge in [-0.05, 0) is 44.8 Å². The fraction of sp³-hybridized carbons (Fsp3) is 0.286. The van der Waals surface area contributed by atoms with Crippen molar-refractivity contribution in [1.29, 1.82) is 0 Å². The Kier molecular flexibility index (Phi) is 6.71. The van der Waals surface area contributed by atoms with E-state index in [4.69, 9.17) is 28.9 Å². The molecule has 31 heavy (non-hydrogen) atoms. The molecule has 0 aliphatic carbocycles. The first kappa shape index (κ1) is 22.0. The number of nitrogens with two attached hydrogens (primary N) is 1. The second-order valence-electron chi connectivity index (χ2n) is 7.50. The van der Waals surface area contributed by atoms with Gasteiger partial charge in [-0.3, -0.25) is 4.98 Å². The average Bonchev–Trinajstić information content (AvgIpc) is 3.22. The number of likely N-dealkylation sites (N-methyl/N-ethyl adjacent to an activating group) is 1. The molecule has 3 aromatic rings. The van der Waals surface area contributed by atoms with Crippen LogP contribution in [0.1, 0.15) is 6.42 Å². The molecule has 10 heteroatoms. The normalized spacial score (nSPS) is 16.2. The standard InChI is InChI=1S/C21H23Cl2N7S/c1-29(2)14-5-8-30(12-14)19-11-18(27-21(24)28-19)26-13-9-16(22)20(17(23)10-13)31-15-3-6-25-7-4-15/h3-4,6-7,9-11,14H,5,8,12H2,1-2H3,(H3,24,26,27,28). The molecule has 0 radical (unpaired) electrons. The largest absolute Gasteiger partial charge is 0.368 e. The van der Waals surface area contributed by atoms with Gasteiger partial charge in [-0.1, -0.05) is 35.0 Å². The second kappa shape index (κ2) is 9.48. The molecule has 3 N–H and O–H groups in total. The zero-order chi connectivity index (χ0) is 22.0. The molecule has 162 valence electrons. The highest BCUT2D eigenvalue weighted by Crippen LogP contribution is 2.40. The van der Waals surface area contributed by atoms with E-state index in [1.807, 2.05) is 30.3 Å². The first-order valence-corrected chi connectivity index (χ1v) is 11.4. The Hall–Kier alpha value is -2.26. The van der Waals surface area contributed by atoms with Crippen LogP contribution >= 0.6 is 35.0 Å². The lowest BCUT2D eigenvalue weighted by atomic mass is 10.2. The number of hydrogen-bond donors (Lipinski definition) is 2. The third kappa shape index (κ3) is 5.33. The van der Waals surface area contributed by atoms with Crippen molar-refractivity contribution in [2.24, 2.45) is 0 Å². The molecular weight excluding hydrogens is 453 g/mol. The summed E-state index contributed by atoms with van der Waals surface area (Å²) < 4.78 is 0. The Labute approximate surface area is 196 Å². The van der Waals surface area contributed by atoms with Crippen molar-refractivity contribution in [3.8, 4) is 0 Å². The maximum absolute atomic E-state index is 6.53. The van der Waals surface area contributed by atoms with Crippen LogP contribution in [0, 0.1) is 0 Å². The van der Waals surface area contributed by atoms with Crippen molar-refractivity contribution in [2.75, 3.05) is 43.1 Å². The van der Waals surface area contributed by atoms with Gasteiger partial charge in [0, 0.05) is 53.1 Å². The van der Waals surface area contributed by atoms with Gasteiger partial charge in [-0.25, -0.2) is 0 Å². The van der Waals surface area contributed by atoms with E-state index in [-0.39, 0.29) is 5.95 Å². The van der Waals surface area contributed by atoms with E-state index >= 15 is 0 Å². The van der Waals surface area contributed by atoms with E-state index in [1.54, 1.807) is 12.4 Å². The highest BCUT2D eigenvalue weighted by atomic mass is 35.5. The van der Waals surface area contributed by atoms with Gasteiger partial charge in [0.25, 0.3) is 0 Å². The lowest BCUT2D eigenvalue weighted by Gasteiger charge is -2.21. The van der Waals surface area contributed by atoms with Crippen LogP contribution in [0.15, 0.2) is 52.5 Å². The summed E-state index contributed by atoms with van der Waals surface area (Å²) in [4.78, 5) is 19.0. The molecule has 3 heterocycles. The summed E-state index contributed by atoms with van der Waals surface area (Å²) in [6.45, 7) is 1.83. The molecule has 0 amide bonds. The van der Waals surface area contributed by atoms with Gasteiger partial charge < -0.3 is 20.9 Å². The maximum Gasteiger partial charge on any atom is 0.223 e. The Morgan fingerprint density at radius 2 is 1.84 bits per heavy atom. The van der Waals surface area contributed by atoms with Crippen molar-refractivity contribution < 1.29 is 0 Å². The molecule has 0 bridgehead atoms. The van der Waals surface area contributed by atoms with Crippen LogP contribution in [-0.4, -0.2) is 53.1 Å². The number of benzene rings is 1. The summed E-state index contributed by atoms with van der Waals surface area (Å²) in [6.07, 6.45) is 4.55. The van der Waals surface area contributed by atoms with Gasteiger partial charge in [-0.2, -0.15) is 9.97 Å². The lowest BCUT2D eigenvalue weighted by molar-refractivity contribution is 0.315.